The number of hydrogen-bond donors (Lipinski definition) is 1. The molecule has 2 rings (SSSR count). The Hall–Kier alpha value is -1.22. The molecule has 112 valence electrons. The Kier molecular flexibility index (Phi) is 4.59. The van der Waals surface area contributed by atoms with Crippen LogP contribution in [0.4, 0.5) is 5.69 Å². The normalized spacial score (nSPS) is 23.8. The predicted octanol–water partition coefficient (Wildman–Crippen LogP) is 3.30. The van der Waals surface area contributed by atoms with Gasteiger partial charge >= 0.3 is 0 Å². The van der Waals surface area contributed by atoms with Gasteiger partial charge in [-0.05, 0) is 24.0 Å². The zero-order chi connectivity index (χ0) is 14.8. The summed E-state index contributed by atoms with van der Waals surface area (Å²) in [6, 6.07) is 9.38. The third kappa shape index (κ3) is 3.09. The van der Waals surface area contributed by atoms with Gasteiger partial charge in [0, 0.05) is 25.2 Å². The molecule has 1 aromatic rings. The molecule has 3 nitrogen and oxygen atoms in total. The van der Waals surface area contributed by atoms with Crippen molar-refractivity contribution < 1.29 is 4.74 Å². The minimum atomic E-state index is 0.263. The van der Waals surface area contributed by atoms with Gasteiger partial charge in [-0.1, -0.05) is 39.8 Å². The van der Waals surface area contributed by atoms with E-state index in [-0.39, 0.29) is 5.41 Å². The van der Waals surface area contributed by atoms with E-state index in [2.05, 4.69) is 56.1 Å². The van der Waals surface area contributed by atoms with Gasteiger partial charge in [0.1, 0.15) is 5.75 Å². The number of nitrogens with zero attached hydrogens (tertiary/aromatic N) is 1. The minimum absolute atomic E-state index is 0.263. The number of ether oxygens (including phenoxy) is 1. The molecule has 1 fully saturated rings. The molecule has 1 heterocycles. The first-order valence-corrected chi connectivity index (χ1v) is 7.60. The van der Waals surface area contributed by atoms with Crippen LogP contribution in [0.15, 0.2) is 24.3 Å². The highest BCUT2D eigenvalue weighted by Gasteiger charge is 2.34. The zero-order valence-electron chi connectivity index (χ0n) is 13.4. The lowest BCUT2D eigenvalue weighted by Crippen LogP contribution is -2.60. The first-order valence-electron chi connectivity index (χ1n) is 7.60. The number of piperazine rings is 1. The van der Waals surface area contributed by atoms with E-state index in [4.69, 9.17) is 4.74 Å². The summed E-state index contributed by atoms with van der Waals surface area (Å²) in [5.41, 5.74) is 1.48. The van der Waals surface area contributed by atoms with Crippen LogP contribution in [0, 0.1) is 5.41 Å². The maximum absolute atomic E-state index is 5.55. The Morgan fingerprint density at radius 2 is 2.00 bits per heavy atom. The van der Waals surface area contributed by atoms with Gasteiger partial charge in [-0.25, -0.2) is 0 Å². The largest absolute Gasteiger partial charge is 0.495 e. The molecule has 1 saturated heterocycles. The highest BCUT2D eigenvalue weighted by Crippen LogP contribution is 2.33. The number of anilines is 1. The number of nitrogens with one attached hydrogen (secondary N) is 1. The maximum atomic E-state index is 5.55. The molecule has 0 aliphatic carbocycles. The highest BCUT2D eigenvalue weighted by atomic mass is 16.5. The van der Waals surface area contributed by atoms with E-state index in [1.54, 1.807) is 7.11 Å². The summed E-state index contributed by atoms with van der Waals surface area (Å²) in [5.74, 6) is 0.973. The summed E-state index contributed by atoms with van der Waals surface area (Å²) in [6.07, 6.45) is 1.14. The van der Waals surface area contributed by atoms with E-state index >= 15 is 0 Å². The molecule has 2 unspecified atom stereocenters. The van der Waals surface area contributed by atoms with Crippen molar-refractivity contribution in [3.8, 4) is 5.75 Å². The van der Waals surface area contributed by atoms with E-state index in [9.17, 15) is 0 Å². The van der Waals surface area contributed by atoms with Crippen molar-refractivity contribution in [2.45, 2.75) is 46.2 Å². The third-order valence-electron chi connectivity index (χ3n) is 4.33. The molecule has 0 bridgehead atoms. The van der Waals surface area contributed by atoms with Crippen LogP contribution in [0.1, 0.15) is 34.1 Å². The van der Waals surface area contributed by atoms with Gasteiger partial charge in [-0.2, -0.15) is 0 Å². The Labute approximate surface area is 123 Å². The van der Waals surface area contributed by atoms with E-state index in [1.165, 1.54) is 5.69 Å². The number of hydrogen-bond acceptors (Lipinski definition) is 3. The Morgan fingerprint density at radius 1 is 1.30 bits per heavy atom. The fourth-order valence-electron chi connectivity index (χ4n) is 2.91. The maximum Gasteiger partial charge on any atom is 0.142 e. The average molecular weight is 276 g/mol. The molecule has 1 aliphatic rings. The molecule has 1 aliphatic heterocycles. The fourth-order valence-corrected chi connectivity index (χ4v) is 2.91. The summed E-state index contributed by atoms with van der Waals surface area (Å²) in [5, 5.41) is 3.71. The van der Waals surface area contributed by atoms with E-state index in [0.29, 0.717) is 12.1 Å². The molecule has 3 heteroatoms. The SMILES string of the molecule is CCC1CNC(C(C)(C)C)CN1c1ccccc1OC. The molecule has 0 aromatic heterocycles. The van der Waals surface area contributed by atoms with Crippen molar-refractivity contribution in [2.24, 2.45) is 5.41 Å². The number of methoxy groups -OCH3 is 1. The molecule has 0 saturated carbocycles. The van der Waals surface area contributed by atoms with Gasteiger partial charge < -0.3 is 15.0 Å². The molecule has 1 aromatic carbocycles. The summed E-state index contributed by atoms with van der Waals surface area (Å²) < 4.78 is 5.55. The van der Waals surface area contributed by atoms with Crippen molar-refractivity contribution in [1.82, 2.24) is 5.32 Å². The molecule has 0 amide bonds. The molecular formula is C17H28N2O. The summed E-state index contributed by atoms with van der Waals surface area (Å²) in [4.78, 5) is 2.52. The molecule has 20 heavy (non-hydrogen) atoms. The first kappa shape index (κ1) is 15.2. The van der Waals surface area contributed by atoms with Crippen LogP contribution in [0.3, 0.4) is 0 Å². The smallest absolute Gasteiger partial charge is 0.142 e. The molecule has 0 spiro atoms. The second kappa shape index (κ2) is 6.04. The van der Waals surface area contributed by atoms with Crippen molar-refractivity contribution in [2.75, 3.05) is 25.1 Å². The van der Waals surface area contributed by atoms with Gasteiger partial charge in [0.15, 0.2) is 0 Å². The fraction of sp³-hybridized carbons (Fsp3) is 0.647. The van der Waals surface area contributed by atoms with E-state index in [1.807, 2.05) is 6.07 Å². The van der Waals surface area contributed by atoms with Gasteiger partial charge in [-0.15, -0.1) is 0 Å². The zero-order valence-corrected chi connectivity index (χ0v) is 13.4. The Balaban J connectivity index is 2.29. The van der Waals surface area contributed by atoms with Crippen LogP contribution in [0.2, 0.25) is 0 Å². The van der Waals surface area contributed by atoms with Crippen molar-refractivity contribution in [3.63, 3.8) is 0 Å². The lowest BCUT2D eigenvalue weighted by molar-refractivity contribution is 0.233. The Morgan fingerprint density at radius 3 is 2.60 bits per heavy atom. The van der Waals surface area contributed by atoms with E-state index in [0.717, 1.165) is 25.3 Å². The average Bonchev–Trinajstić information content (AvgIpc) is 2.45. The topological polar surface area (TPSA) is 24.5 Å². The number of benzene rings is 1. The molecule has 0 radical (unpaired) electrons. The summed E-state index contributed by atoms with van der Waals surface area (Å²) in [7, 11) is 1.75. The van der Waals surface area contributed by atoms with Crippen LogP contribution in [0.5, 0.6) is 5.75 Å². The van der Waals surface area contributed by atoms with Gasteiger partial charge in [0.2, 0.25) is 0 Å². The van der Waals surface area contributed by atoms with Gasteiger partial charge in [-0.3, -0.25) is 0 Å². The van der Waals surface area contributed by atoms with Gasteiger partial charge in [0.25, 0.3) is 0 Å². The molecular weight excluding hydrogens is 248 g/mol. The standard InChI is InChI=1S/C17H28N2O/c1-6-13-11-18-16(17(2,3)4)12-19(13)14-9-7-8-10-15(14)20-5/h7-10,13,16,18H,6,11-12H2,1-5H3. The van der Waals surface area contributed by atoms with Crippen LogP contribution >= 0.6 is 0 Å². The quantitative estimate of drug-likeness (QED) is 0.917. The van der Waals surface area contributed by atoms with Crippen LogP contribution in [-0.2, 0) is 0 Å². The van der Waals surface area contributed by atoms with Crippen LogP contribution in [-0.4, -0.2) is 32.3 Å². The lowest BCUT2D eigenvalue weighted by Gasteiger charge is -2.46. The number of rotatable bonds is 3. The minimum Gasteiger partial charge on any atom is -0.495 e. The lowest BCUT2D eigenvalue weighted by atomic mass is 9.84. The predicted molar refractivity (Wildman–Crippen MR) is 85.7 cm³/mol. The second-order valence-corrected chi connectivity index (χ2v) is 6.71. The van der Waals surface area contributed by atoms with Crippen molar-refractivity contribution >= 4 is 5.69 Å². The summed E-state index contributed by atoms with van der Waals surface area (Å²) in [6.45, 7) is 11.2. The van der Waals surface area contributed by atoms with Crippen LogP contribution < -0.4 is 15.0 Å². The second-order valence-electron chi connectivity index (χ2n) is 6.71. The van der Waals surface area contributed by atoms with E-state index < -0.39 is 0 Å². The highest BCUT2D eigenvalue weighted by molar-refractivity contribution is 5.59. The van der Waals surface area contributed by atoms with Crippen LogP contribution in [0.25, 0.3) is 0 Å². The monoisotopic (exact) mass is 276 g/mol. The van der Waals surface area contributed by atoms with Crippen molar-refractivity contribution in [3.05, 3.63) is 24.3 Å². The summed E-state index contributed by atoms with van der Waals surface area (Å²) >= 11 is 0. The third-order valence-corrected chi connectivity index (χ3v) is 4.33. The van der Waals surface area contributed by atoms with Crippen molar-refractivity contribution in [1.29, 1.82) is 0 Å². The first-order chi connectivity index (χ1) is 9.47. The number of para-hydroxylation sites is 2. The van der Waals surface area contributed by atoms with Gasteiger partial charge in [0.05, 0.1) is 12.8 Å². The molecule has 1 N–H and O–H groups in total. The Bertz CT molecular complexity index is 439. The molecule has 2 atom stereocenters.